The van der Waals surface area contributed by atoms with Crippen molar-refractivity contribution in [3.05, 3.63) is 45.1 Å². The summed E-state index contributed by atoms with van der Waals surface area (Å²) in [4.78, 5) is 21.7. The van der Waals surface area contributed by atoms with E-state index in [2.05, 4.69) is 21.4 Å². The number of halogens is 1. The van der Waals surface area contributed by atoms with Gasteiger partial charge in [0.1, 0.15) is 15.5 Å². The second-order valence-corrected chi connectivity index (χ2v) is 6.85. The molecule has 0 saturated heterocycles. The topological polar surface area (TPSA) is 64.1 Å². The largest absolute Gasteiger partial charge is 0.465 e. The molecule has 5 nitrogen and oxygen atoms in total. The molecule has 0 aliphatic heterocycles. The number of aromatic nitrogens is 2. The number of carbonyl (C=O) groups excluding carboxylic acids is 1. The lowest BCUT2D eigenvalue weighted by atomic mass is 10.1. The monoisotopic (exact) mass is 361 g/mol. The van der Waals surface area contributed by atoms with Crippen LogP contribution in [0.4, 0.5) is 11.5 Å². The fraction of sp³-hybridized carbons (Fsp3) is 0.235. The minimum atomic E-state index is -0.385. The zero-order valence-corrected chi connectivity index (χ0v) is 15.3. The Balaban J connectivity index is 2.16. The van der Waals surface area contributed by atoms with E-state index in [0.29, 0.717) is 15.5 Å². The number of anilines is 2. The van der Waals surface area contributed by atoms with Crippen molar-refractivity contribution in [2.24, 2.45) is 0 Å². The Bertz CT molecular complexity index is 953. The van der Waals surface area contributed by atoms with Gasteiger partial charge < -0.3 is 10.1 Å². The van der Waals surface area contributed by atoms with Gasteiger partial charge in [-0.1, -0.05) is 17.7 Å². The van der Waals surface area contributed by atoms with Gasteiger partial charge >= 0.3 is 5.97 Å². The first-order valence-corrected chi connectivity index (χ1v) is 8.49. The maximum absolute atomic E-state index is 11.9. The number of nitrogens with zero attached hydrogens (tertiary/aromatic N) is 2. The third kappa shape index (κ3) is 2.95. The minimum Gasteiger partial charge on any atom is -0.465 e. The Morgan fingerprint density at radius 2 is 2.00 bits per heavy atom. The number of hydrogen-bond acceptors (Lipinski definition) is 6. The molecule has 0 radical (unpaired) electrons. The van der Waals surface area contributed by atoms with Crippen molar-refractivity contribution in [3.8, 4) is 0 Å². The molecule has 0 unspecified atom stereocenters. The number of rotatable bonds is 3. The standard InChI is InChI=1S/C17H16ClN3O2S/c1-8-5-6-11(9(2)7-8)19-14-12-10(3)13(16(22)23-4)24-15(12)21-17(18)20-14/h5-7H,1-4H3,(H,19,20,21). The van der Waals surface area contributed by atoms with Crippen molar-refractivity contribution in [3.63, 3.8) is 0 Å². The number of methoxy groups -OCH3 is 1. The lowest BCUT2D eigenvalue weighted by molar-refractivity contribution is 0.0605. The Kier molecular flexibility index (Phi) is 4.43. The molecule has 0 saturated carbocycles. The maximum Gasteiger partial charge on any atom is 0.348 e. The third-order valence-electron chi connectivity index (χ3n) is 3.77. The van der Waals surface area contributed by atoms with Crippen LogP contribution in [0.2, 0.25) is 5.28 Å². The summed E-state index contributed by atoms with van der Waals surface area (Å²) in [5.74, 6) is 0.199. The van der Waals surface area contributed by atoms with Crippen LogP contribution in [-0.4, -0.2) is 23.0 Å². The van der Waals surface area contributed by atoms with E-state index in [1.807, 2.05) is 32.9 Å². The summed E-state index contributed by atoms with van der Waals surface area (Å²) >= 11 is 7.31. The highest BCUT2D eigenvalue weighted by molar-refractivity contribution is 7.20. The van der Waals surface area contributed by atoms with Gasteiger partial charge in [-0.2, -0.15) is 4.98 Å². The molecule has 0 spiro atoms. The van der Waals surface area contributed by atoms with Gasteiger partial charge in [0.05, 0.1) is 12.5 Å². The van der Waals surface area contributed by atoms with E-state index in [9.17, 15) is 4.79 Å². The molecule has 0 amide bonds. The smallest absolute Gasteiger partial charge is 0.348 e. The number of ether oxygens (including phenoxy) is 1. The number of fused-ring (bicyclic) bond motifs is 1. The summed E-state index contributed by atoms with van der Waals surface area (Å²) in [6.45, 7) is 5.92. The molecule has 0 aliphatic rings. The van der Waals surface area contributed by atoms with E-state index in [1.165, 1.54) is 24.0 Å². The van der Waals surface area contributed by atoms with Crippen LogP contribution in [0.5, 0.6) is 0 Å². The molecule has 3 aromatic rings. The predicted octanol–water partition coefficient (Wildman–Crippen LogP) is 4.80. The van der Waals surface area contributed by atoms with Crippen molar-refractivity contribution in [1.82, 2.24) is 9.97 Å². The van der Waals surface area contributed by atoms with Crippen LogP contribution in [0, 0.1) is 20.8 Å². The Morgan fingerprint density at radius 3 is 2.67 bits per heavy atom. The van der Waals surface area contributed by atoms with Crippen LogP contribution < -0.4 is 5.32 Å². The van der Waals surface area contributed by atoms with E-state index in [0.717, 1.165) is 22.2 Å². The Hall–Kier alpha value is -2.18. The molecule has 2 heterocycles. The molecule has 2 aromatic heterocycles. The number of hydrogen-bond donors (Lipinski definition) is 1. The fourth-order valence-electron chi connectivity index (χ4n) is 2.57. The van der Waals surface area contributed by atoms with Gasteiger partial charge in [0.2, 0.25) is 5.28 Å². The summed E-state index contributed by atoms with van der Waals surface area (Å²) in [7, 11) is 1.36. The highest BCUT2D eigenvalue weighted by Crippen LogP contribution is 2.36. The maximum atomic E-state index is 11.9. The molecule has 0 bridgehead atoms. The van der Waals surface area contributed by atoms with Crippen LogP contribution in [0.1, 0.15) is 26.4 Å². The molecule has 24 heavy (non-hydrogen) atoms. The molecule has 1 N–H and O–H groups in total. The summed E-state index contributed by atoms with van der Waals surface area (Å²) in [5.41, 5.74) is 4.00. The second-order valence-electron chi connectivity index (χ2n) is 5.51. The Labute approximate surface area is 148 Å². The van der Waals surface area contributed by atoms with Crippen molar-refractivity contribution >= 4 is 50.6 Å². The van der Waals surface area contributed by atoms with Crippen LogP contribution in [0.25, 0.3) is 10.2 Å². The lowest BCUT2D eigenvalue weighted by Gasteiger charge is -2.11. The molecule has 0 atom stereocenters. The zero-order chi connectivity index (χ0) is 17.4. The molecular weight excluding hydrogens is 346 g/mol. The molecule has 1 aromatic carbocycles. The number of aryl methyl sites for hydroxylation is 3. The second kappa shape index (κ2) is 6.37. The number of carbonyl (C=O) groups is 1. The summed E-state index contributed by atoms with van der Waals surface area (Å²) < 4.78 is 4.84. The number of thiophene rings is 1. The third-order valence-corrected chi connectivity index (χ3v) is 5.10. The summed E-state index contributed by atoms with van der Waals surface area (Å²) in [6, 6.07) is 6.10. The first-order valence-electron chi connectivity index (χ1n) is 7.30. The number of esters is 1. The van der Waals surface area contributed by atoms with E-state index < -0.39 is 0 Å². The van der Waals surface area contributed by atoms with Gasteiger partial charge in [-0.05, 0) is 49.6 Å². The highest BCUT2D eigenvalue weighted by atomic mass is 35.5. The van der Waals surface area contributed by atoms with Gasteiger partial charge in [0.15, 0.2) is 0 Å². The van der Waals surface area contributed by atoms with E-state index in [-0.39, 0.29) is 11.3 Å². The van der Waals surface area contributed by atoms with Crippen molar-refractivity contribution in [1.29, 1.82) is 0 Å². The Morgan fingerprint density at radius 1 is 1.25 bits per heavy atom. The van der Waals surface area contributed by atoms with Gasteiger partial charge in [0, 0.05) is 5.69 Å². The molecule has 0 fully saturated rings. The number of benzene rings is 1. The molecule has 0 aliphatic carbocycles. The van der Waals surface area contributed by atoms with Crippen LogP contribution in [0.3, 0.4) is 0 Å². The lowest BCUT2D eigenvalue weighted by Crippen LogP contribution is -2.01. The average Bonchev–Trinajstić information content (AvgIpc) is 2.86. The first kappa shape index (κ1) is 16.7. The summed E-state index contributed by atoms with van der Waals surface area (Å²) in [6.07, 6.45) is 0. The number of nitrogens with one attached hydrogen (secondary N) is 1. The summed E-state index contributed by atoms with van der Waals surface area (Å²) in [5, 5.41) is 4.23. The predicted molar refractivity (Wildman–Crippen MR) is 97.7 cm³/mol. The van der Waals surface area contributed by atoms with Gasteiger partial charge in [-0.3, -0.25) is 0 Å². The minimum absolute atomic E-state index is 0.132. The van der Waals surface area contributed by atoms with E-state index in [1.54, 1.807) is 0 Å². The molecular formula is C17H16ClN3O2S. The highest BCUT2D eigenvalue weighted by Gasteiger charge is 2.21. The molecule has 7 heteroatoms. The quantitative estimate of drug-likeness (QED) is 0.536. The van der Waals surface area contributed by atoms with Gasteiger partial charge in [-0.25, -0.2) is 9.78 Å². The van der Waals surface area contributed by atoms with Gasteiger partial charge in [-0.15, -0.1) is 11.3 Å². The average molecular weight is 362 g/mol. The van der Waals surface area contributed by atoms with Crippen LogP contribution in [-0.2, 0) is 4.74 Å². The molecule has 3 rings (SSSR count). The van der Waals surface area contributed by atoms with Crippen molar-refractivity contribution < 1.29 is 9.53 Å². The molecule has 124 valence electrons. The van der Waals surface area contributed by atoms with Crippen LogP contribution >= 0.6 is 22.9 Å². The normalized spacial score (nSPS) is 10.9. The van der Waals surface area contributed by atoms with Crippen molar-refractivity contribution in [2.45, 2.75) is 20.8 Å². The van der Waals surface area contributed by atoms with E-state index >= 15 is 0 Å². The van der Waals surface area contributed by atoms with Crippen LogP contribution in [0.15, 0.2) is 18.2 Å². The fourth-order valence-corrected chi connectivity index (χ4v) is 3.89. The zero-order valence-electron chi connectivity index (χ0n) is 13.7. The van der Waals surface area contributed by atoms with Gasteiger partial charge in [0.25, 0.3) is 0 Å². The SMILES string of the molecule is COC(=O)c1sc2nc(Cl)nc(Nc3ccc(C)cc3C)c2c1C. The first-order chi connectivity index (χ1) is 11.4. The van der Waals surface area contributed by atoms with Crippen molar-refractivity contribution in [2.75, 3.05) is 12.4 Å². The van der Waals surface area contributed by atoms with E-state index in [4.69, 9.17) is 16.3 Å².